The van der Waals surface area contributed by atoms with E-state index in [-0.39, 0.29) is 18.8 Å². The molecule has 0 aliphatic carbocycles. The predicted octanol–water partition coefficient (Wildman–Crippen LogP) is 5.06. The Morgan fingerprint density at radius 1 is 0.861 bits per heavy atom. The van der Waals surface area contributed by atoms with Crippen molar-refractivity contribution in [2.45, 2.75) is 19.1 Å². The number of nitrogens with one attached hydrogen (secondary N) is 1. The van der Waals surface area contributed by atoms with E-state index in [2.05, 4.69) is 5.32 Å². The van der Waals surface area contributed by atoms with Gasteiger partial charge in [0.05, 0.1) is 33.8 Å². The van der Waals surface area contributed by atoms with Crippen molar-refractivity contribution in [1.82, 2.24) is 5.32 Å². The monoisotopic (exact) mass is 489 g/mol. The number of carbonyl (C=O) groups is 2. The van der Waals surface area contributed by atoms with Gasteiger partial charge in [-0.05, 0) is 52.7 Å². The van der Waals surface area contributed by atoms with Crippen molar-refractivity contribution in [3.63, 3.8) is 0 Å². The third-order valence-corrected chi connectivity index (χ3v) is 5.70. The van der Waals surface area contributed by atoms with Crippen LogP contribution in [-0.4, -0.2) is 33.2 Å². The zero-order valence-electron chi connectivity index (χ0n) is 20.3. The Kier molecular flexibility index (Phi) is 7.75. The summed E-state index contributed by atoms with van der Waals surface area (Å²) in [5.74, 6) is 1.35. The Labute approximate surface area is 208 Å². The van der Waals surface area contributed by atoms with E-state index in [0.717, 1.165) is 10.8 Å². The lowest BCUT2D eigenvalue weighted by Crippen LogP contribution is -2.30. The Bertz CT molecular complexity index is 1360. The van der Waals surface area contributed by atoms with E-state index < -0.39 is 17.9 Å². The molecule has 1 unspecified atom stereocenters. The second-order valence-electron chi connectivity index (χ2n) is 7.98. The first-order valence-electron chi connectivity index (χ1n) is 11.3. The van der Waals surface area contributed by atoms with Gasteiger partial charge in [-0.3, -0.25) is 9.59 Å². The highest BCUT2D eigenvalue weighted by molar-refractivity contribution is 5.92. The minimum atomic E-state index is -0.674. The average molecular weight is 490 g/mol. The number of rotatable bonds is 10. The molecule has 1 N–H and O–H groups in total. The molecule has 0 fully saturated rings. The number of hydrogen-bond acceptors (Lipinski definition) is 7. The van der Waals surface area contributed by atoms with Crippen LogP contribution in [0.3, 0.4) is 0 Å². The molecule has 8 heteroatoms. The molecule has 3 aromatic carbocycles. The van der Waals surface area contributed by atoms with E-state index in [1.54, 1.807) is 30.3 Å². The Morgan fingerprint density at radius 3 is 2.39 bits per heavy atom. The summed E-state index contributed by atoms with van der Waals surface area (Å²) in [4.78, 5) is 25.0. The fourth-order valence-electron chi connectivity index (χ4n) is 3.79. The smallest absolute Gasteiger partial charge is 0.307 e. The van der Waals surface area contributed by atoms with E-state index in [4.69, 9.17) is 23.4 Å². The number of amides is 1. The van der Waals surface area contributed by atoms with Crippen molar-refractivity contribution < 1.29 is 33.0 Å². The maximum atomic E-state index is 13.0. The maximum Gasteiger partial charge on any atom is 0.307 e. The minimum absolute atomic E-state index is 0.0731. The number of carbonyl (C=O) groups excluding carboxylic acids is 2. The number of esters is 1. The summed E-state index contributed by atoms with van der Waals surface area (Å²) in [6.45, 7) is 0.160. The summed E-state index contributed by atoms with van der Waals surface area (Å²) in [5.41, 5.74) is 0.651. The topological polar surface area (TPSA) is 96.2 Å². The number of hydrogen-bond donors (Lipinski definition) is 1. The molecule has 0 bridgehead atoms. The highest BCUT2D eigenvalue weighted by Crippen LogP contribution is 2.31. The number of methoxy groups -OCH3 is 3. The predicted molar refractivity (Wildman–Crippen MR) is 133 cm³/mol. The standard InChI is InChI=1S/C28H27NO7/c1-32-24-12-9-20(15-26(24)33-2)23(16-27(30)34-3)29-28(31)25-13-11-22(36-25)17-35-21-10-8-18-6-4-5-7-19(18)14-21/h4-15,23H,16-17H2,1-3H3,(H,29,31). The molecule has 1 aromatic heterocycles. The molecule has 1 heterocycles. The van der Waals surface area contributed by atoms with Crippen molar-refractivity contribution in [2.75, 3.05) is 21.3 Å². The molecule has 1 atom stereocenters. The Morgan fingerprint density at radius 2 is 1.64 bits per heavy atom. The van der Waals surface area contributed by atoms with Crippen LogP contribution in [0.5, 0.6) is 17.2 Å². The van der Waals surface area contributed by atoms with Gasteiger partial charge >= 0.3 is 5.97 Å². The van der Waals surface area contributed by atoms with Crippen LogP contribution in [0.25, 0.3) is 10.8 Å². The highest BCUT2D eigenvalue weighted by Gasteiger charge is 2.23. The lowest BCUT2D eigenvalue weighted by atomic mass is 10.0. The maximum absolute atomic E-state index is 13.0. The van der Waals surface area contributed by atoms with Gasteiger partial charge in [-0.1, -0.05) is 36.4 Å². The molecule has 0 aliphatic heterocycles. The zero-order chi connectivity index (χ0) is 25.5. The van der Waals surface area contributed by atoms with E-state index in [1.807, 2.05) is 42.5 Å². The number of furan rings is 1. The molecule has 0 saturated heterocycles. The zero-order valence-corrected chi connectivity index (χ0v) is 20.3. The van der Waals surface area contributed by atoms with Crippen LogP contribution in [0.4, 0.5) is 0 Å². The van der Waals surface area contributed by atoms with Gasteiger partial charge in [-0.2, -0.15) is 0 Å². The first kappa shape index (κ1) is 24.7. The van der Waals surface area contributed by atoms with Gasteiger partial charge in [0.15, 0.2) is 17.3 Å². The number of ether oxygens (including phenoxy) is 4. The second-order valence-corrected chi connectivity index (χ2v) is 7.98. The largest absolute Gasteiger partial charge is 0.493 e. The molecule has 8 nitrogen and oxygen atoms in total. The van der Waals surface area contributed by atoms with Crippen LogP contribution in [0.1, 0.15) is 34.3 Å². The molecule has 0 radical (unpaired) electrons. The van der Waals surface area contributed by atoms with Crippen LogP contribution in [0.2, 0.25) is 0 Å². The van der Waals surface area contributed by atoms with Gasteiger partial charge in [0.2, 0.25) is 0 Å². The Balaban J connectivity index is 1.45. The third-order valence-electron chi connectivity index (χ3n) is 5.70. The molecule has 186 valence electrons. The van der Waals surface area contributed by atoms with Gasteiger partial charge in [-0.25, -0.2) is 0 Å². The van der Waals surface area contributed by atoms with E-state index >= 15 is 0 Å². The third kappa shape index (κ3) is 5.78. The van der Waals surface area contributed by atoms with Crippen molar-refractivity contribution in [3.8, 4) is 17.2 Å². The van der Waals surface area contributed by atoms with Crippen molar-refractivity contribution >= 4 is 22.6 Å². The molecule has 4 rings (SSSR count). The minimum Gasteiger partial charge on any atom is -0.493 e. The molecule has 4 aromatic rings. The lowest BCUT2D eigenvalue weighted by molar-refractivity contribution is -0.141. The molecule has 0 aliphatic rings. The number of benzene rings is 3. The van der Waals surface area contributed by atoms with Crippen LogP contribution >= 0.6 is 0 Å². The summed E-state index contributed by atoms with van der Waals surface area (Å²) in [7, 11) is 4.34. The summed E-state index contributed by atoms with van der Waals surface area (Å²) < 4.78 is 27.0. The van der Waals surface area contributed by atoms with Crippen LogP contribution in [0, 0.1) is 0 Å². The molecular formula is C28H27NO7. The molecule has 0 saturated carbocycles. The molecular weight excluding hydrogens is 462 g/mol. The summed E-state index contributed by atoms with van der Waals surface area (Å²) in [6.07, 6.45) is -0.0731. The summed E-state index contributed by atoms with van der Waals surface area (Å²) in [6, 6.07) is 21.6. The lowest BCUT2D eigenvalue weighted by Gasteiger charge is -2.19. The molecule has 0 spiro atoms. The van der Waals surface area contributed by atoms with Gasteiger partial charge in [0.25, 0.3) is 5.91 Å². The van der Waals surface area contributed by atoms with Crippen LogP contribution < -0.4 is 19.5 Å². The molecule has 1 amide bonds. The molecule has 36 heavy (non-hydrogen) atoms. The van der Waals surface area contributed by atoms with E-state index in [9.17, 15) is 9.59 Å². The fourth-order valence-corrected chi connectivity index (χ4v) is 3.79. The Hall–Kier alpha value is -4.46. The van der Waals surface area contributed by atoms with Gasteiger partial charge in [0.1, 0.15) is 18.1 Å². The second kappa shape index (κ2) is 11.3. The van der Waals surface area contributed by atoms with Gasteiger partial charge in [0, 0.05) is 0 Å². The normalized spacial score (nSPS) is 11.5. The van der Waals surface area contributed by atoms with Gasteiger partial charge < -0.3 is 28.7 Å². The average Bonchev–Trinajstić information content (AvgIpc) is 3.40. The van der Waals surface area contributed by atoms with Crippen molar-refractivity contribution in [1.29, 1.82) is 0 Å². The summed E-state index contributed by atoms with van der Waals surface area (Å²) in [5, 5.41) is 5.03. The summed E-state index contributed by atoms with van der Waals surface area (Å²) >= 11 is 0. The van der Waals surface area contributed by atoms with Crippen LogP contribution in [-0.2, 0) is 16.1 Å². The SMILES string of the molecule is COC(=O)CC(NC(=O)c1ccc(COc2ccc3ccccc3c2)o1)c1ccc(OC)c(OC)c1. The van der Waals surface area contributed by atoms with Crippen molar-refractivity contribution in [3.05, 3.63) is 89.9 Å². The van der Waals surface area contributed by atoms with Gasteiger partial charge in [-0.15, -0.1) is 0 Å². The van der Waals surface area contributed by atoms with Crippen LogP contribution in [0.15, 0.2) is 77.2 Å². The highest BCUT2D eigenvalue weighted by atomic mass is 16.5. The van der Waals surface area contributed by atoms with E-state index in [1.165, 1.54) is 21.3 Å². The quantitative estimate of drug-likeness (QED) is 0.311. The van der Waals surface area contributed by atoms with E-state index in [0.29, 0.717) is 28.6 Å². The fraction of sp³-hybridized carbons (Fsp3) is 0.214. The van der Waals surface area contributed by atoms with Crippen molar-refractivity contribution in [2.24, 2.45) is 0 Å². The number of fused-ring (bicyclic) bond motifs is 1. The first-order valence-corrected chi connectivity index (χ1v) is 11.3. The first-order chi connectivity index (χ1) is 17.5.